The zero-order valence-electron chi connectivity index (χ0n) is 9.05. The number of hydrogen-bond donors (Lipinski definition) is 3. The maximum atomic E-state index is 11.7. The second-order valence-electron chi connectivity index (χ2n) is 3.46. The van der Waals surface area contributed by atoms with Crippen LogP contribution in [0, 0.1) is 0 Å². The van der Waals surface area contributed by atoms with Gasteiger partial charge in [0.05, 0.1) is 6.42 Å². The summed E-state index contributed by atoms with van der Waals surface area (Å²) in [5.74, 6) is -1.98. The number of hydrogen-bond acceptors (Lipinski definition) is 3. The molecule has 0 radical (unpaired) electrons. The Morgan fingerprint density at radius 2 is 1.71 bits per heavy atom. The molecule has 6 nitrogen and oxygen atoms in total. The third-order valence-corrected chi connectivity index (χ3v) is 2.09. The molecule has 6 heteroatoms. The first kappa shape index (κ1) is 12.7. The first-order valence-electron chi connectivity index (χ1n) is 4.94. The van der Waals surface area contributed by atoms with Gasteiger partial charge in [0.1, 0.15) is 6.04 Å². The van der Waals surface area contributed by atoms with Gasteiger partial charge in [-0.3, -0.25) is 14.4 Å². The summed E-state index contributed by atoms with van der Waals surface area (Å²) < 4.78 is 0. The van der Waals surface area contributed by atoms with Crippen molar-refractivity contribution in [2.24, 2.45) is 11.5 Å². The molecule has 1 aromatic carbocycles. The molecular weight excluding hydrogens is 222 g/mol. The summed E-state index contributed by atoms with van der Waals surface area (Å²) in [6.45, 7) is 0. The smallest absolute Gasteiger partial charge is 0.251 e. The van der Waals surface area contributed by atoms with Crippen LogP contribution < -0.4 is 16.8 Å². The topological polar surface area (TPSA) is 115 Å². The van der Waals surface area contributed by atoms with E-state index in [2.05, 4.69) is 5.32 Å². The molecule has 1 atom stereocenters. The quantitative estimate of drug-likeness (QED) is 0.617. The molecule has 0 saturated heterocycles. The Balaban J connectivity index is 2.71. The monoisotopic (exact) mass is 235 g/mol. The van der Waals surface area contributed by atoms with Gasteiger partial charge < -0.3 is 16.8 Å². The van der Waals surface area contributed by atoms with Gasteiger partial charge in [0.25, 0.3) is 5.91 Å². The van der Waals surface area contributed by atoms with E-state index in [4.69, 9.17) is 11.5 Å². The van der Waals surface area contributed by atoms with Gasteiger partial charge in [-0.1, -0.05) is 18.2 Å². The Morgan fingerprint density at radius 3 is 2.18 bits per heavy atom. The predicted octanol–water partition coefficient (Wildman–Crippen LogP) is -0.854. The SMILES string of the molecule is NC(=O)C[C@H](NC(=O)c1ccccc1)C(N)=O. The fourth-order valence-corrected chi connectivity index (χ4v) is 1.26. The molecule has 17 heavy (non-hydrogen) atoms. The predicted molar refractivity (Wildman–Crippen MR) is 60.7 cm³/mol. The van der Waals surface area contributed by atoms with Gasteiger partial charge in [-0.05, 0) is 12.1 Å². The second kappa shape index (κ2) is 5.64. The van der Waals surface area contributed by atoms with Crippen molar-refractivity contribution < 1.29 is 14.4 Å². The van der Waals surface area contributed by atoms with Crippen molar-refractivity contribution in [1.82, 2.24) is 5.32 Å². The van der Waals surface area contributed by atoms with Gasteiger partial charge in [-0.2, -0.15) is 0 Å². The third-order valence-electron chi connectivity index (χ3n) is 2.09. The van der Waals surface area contributed by atoms with Crippen molar-refractivity contribution in [3.05, 3.63) is 35.9 Å². The number of rotatable bonds is 5. The maximum absolute atomic E-state index is 11.7. The molecule has 0 unspecified atom stereocenters. The summed E-state index contributed by atoms with van der Waals surface area (Å²) in [5.41, 5.74) is 10.4. The van der Waals surface area contributed by atoms with E-state index in [1.807, 2.05) is 0 Å². The van der Waals surface area contributed by atoms with E-state index in [-0.39, 0.29) is 6.42 Å². The van der Waals surface area contributed by atoms with Gasteiger partial charge in [0.15, 0.2) is 0 Å². The molecule has 0 aliphatic rings. The van der Waals surface area contributed by atoms with Crippen molar-refractivity contribution >= 4 is 17.7 Å². The Bertz CT molecular complexity index is 431. The Labute approximate surface area is 98.0 Å². The van der Waals surface area contributed by atoms with Crippen molar-refractivity contribution in [3.8, 4) is 0 Å². The molecule has 3 amide bonds. The molecule has 0 heterocycles. The molecule has 1 rings (SSSR count). The number of benzene rings is 1. The van der Waals surface area contributed by atoms with Crippen LogP contribution in [-0.2, 0) is 9.59 Å². The van der Waals surface area contributed by atoms with Crippen LogP contribution >= 0.6 is 0 Å². The minimum absolute atomic E-state index is 0.312. The van der Waals surface area contributed by atoms with Crippen LogP contribution in [0.5, 0.6) is 0 Å². The van der Waals surface area contributed by atoms with Gasteiger partial charge in [0.2, 0.25) is 11.8 Å². The summed E-state index contributed by atoms with van der Waals surface area (Å²) in [5, 5.41) is 2.35. The fourth-order valence-electron chi connectivity index (χ4n) is 1.26. The molecule has 90 valence electrons. The molecule has 0 bridgehead atoms. The summed E-state index contributed by atoms with van der Waals surface area (Å²) in [6, 6.07) is 7.20. The number of nitrogens with one attached hydrogen (secondary N) is 1. The number of nitrogens with two attached hydrogens (primary N) is 2. The molecule has 0 aliphatic carbocycles. The molecule has 1 aromatic rings. The normalized spacial score (nSPS) is 11.5. The van der Waals surface area contributed by atoms with Crippen molar-refractivity contribution in [3.63, 3.8) is 0 Å². The standard InChI is InChI=1S/C11H13N3O3/c12-9(15)6-8(10(13)16)14-11(17)7-4-2-1-3-5-7/h1-5,8H,6H2,(H2,12,15)(H2,13,16)(H,14,17)/t8-/m0/s1. The Hall–Kier alpha value is -2.37. The summed E-state index contributed by atoms with van der Waals surface area (Å²) in [6.07, 6.45) is -0.312. The zero-order valence-corrected chi connectivity index (χ0v) is 9.05. The van der Waals surface area contributed by atoms with E-state index in [0.717, 1.165) is 0 Å². The van der Waals surface area contributed by atoms with Crippen LogP contribution in [0.2, 0.25) is 0 Å². The summed E-state index contributed by atoms with van der Waals surface area (Å²) in [7, 11) is 0. The first-order chi connectivity index (χ1) is 8.00. The van der Waals surface area contributed by atoms with E-state index in [9.17, 15) is 14.4 Å². The third kappa shape index (κ3) is 3.94. The lowest BCUT2D eigenvalue weighted by atomic mass is 10.1. The van der Waals surface area contributed by atoms with Gasteiger partial charge in [-0.25, -0.2) is 0 Å². The van der Waals surface area contributed by atoms with Crippen molar-refractivity contribution in [2.75, 3.05) is 0 Å². The largest absolute Gasteiger partial charge is 0.370 e. The van der Waals surface area contributed by atoms with E-state index >= 15 is 0 Å². The van der Waals surface area contributed by atoms with E-state index in [0.29, 0.717) is 5.56 Å². The molecular formula is C11H13N3O3. The second-order valence-corrected chi connectivity index (χ2v) is 3.46. The van der Waals surface area contributed by atoms with E-state index in [1.165, 1.54) is 0 Å². The minimum Gasteiger partial charge on any atom is -0.370 e. The van der Waals surface area contributed by atoms with Crippen LogP contribution in [0.3, 0.4) is 0 Å². The lowest BCUT2D eigenvalue weighted by Gasteiger charge is -2.13. The summed E-state index contributed by atoms with van der Waals surface area (Å²) in [4.78, 5) is 33.4. The van der Waals surface area contributed by atoms with Crippen LogP contribution in [0.25, 0.3) is 0 Å². The maximum Gasteiger partial charge on any atom is 0.251 e. The number of carbonyl (C=O) groups excluding carboxylic acids is 3. The lowest BCUT2D eigenvalue weighted by Crippen LogP contribution is -2.46. The molecule has 5 N–H and O–H groups in total. The van der Waals surface area contributed by atoms with Gasteiger partial charge in [0, 0.05) is 5.56 Å². The first-order valence-corrected chi connectivity index (χ1v) is 4.94. The van der Waals surface area contributed by atoms with Crippen LogP contribution in [0.1, 0.15) is 16.8 Å². The molecule has 0 spiro atoms. The Morgan fingerprint density at radius 1 is 1.12 bits per heavy atom. The minimum atomic E-state index is -1.08. The fraction of sp³-hybridized carbons (Fsp3) is 0.182. The molecule has 0 saturated carbocycles. The van der Waals surface area contributed by atoms with E-state index in [1.54, 1.807) is 30.3 Å². The van der Waals surface area contributed by atoms with Gasteiger partial charge >= 0.3 is 0 Å². The van der Waals surface area contributed by atoms with Crippen LogP contribution in [0.4, 0.5) is 0 Å². The lowest BCUT2D eigenvalue weighted by molar-refractivity contribution is -0.124. The Kier molecular flexibility index (Phi) is 4.21. The average molecular weight is 235 g/mol. The van der Waals surface area contributed by atoms with Gasteiger partial charge in [-0.15, -0.1) is 0 Å². The molecule has 0 aliphatic heterocycles. The van der Waals surface area contributed by atoms with Crippen LogP contribution in [0.15, 0.2) is 30.3 Å². The highest BCUT2D eigenvalue weighted by Gasteiger charge is 2.20. The van der Waals surface area contributed by atoms with Crippen LogP contribution in [-0.4, -0.2) is 23.8 Å². The highest BCUT2D eigenvalue weighted by Crippen LogP contribution is 2.00. The average Bonchev–Trinajstić information content (AvgIpc) is 2.28. The number of primary amides is 2. The molecule has 0 aromatic heterocycles. The highest BCUT2D eigenvalue weighted by molar-refractivity contribution is 5.98. The van der Waals surface area contributed by atoms with E-state index < -0.39 is 23.8 Å². The summed E-state index contributed by atoms with van der Waals surface area (Å²) >= 11 is 0. The number of amides is 3. The highest BCUT2D eigenvalue weighted by atomic mass is 16.2. The van der Waals surface area contributed by atoms with Crippen molar-refractivity contribution in [1.29, 1.82) is 0 Å². The molecule has 0 fully saturated rings. The zero-order chi connectivity index (χ0) is 12.8. The number of carbonyl (C=O) groups is 3. The van der Waals surface area contributed by atoms with Crippen molar-refractivity contribution in [2.45, 2.75) is 12.5 Å².